The number of thiophene rings is 1. The molecule has 1 N–H and O–H groups in total. The molecule has 0 saturated carbocycles. The molecule has 0 fully saturated rings. The molecule has 0 spiro atoms. The predicted molar refractivity (Wildman–Crippen MR) is 65.3 cm³/mol. The Morgan fingerprint density at radius 2 is 2.13 bits per heavy atom. The fourth-order valence-corrected chi connectivity index (χ4v) is 2.48. The Morgan fingerprint density at radius 1 is 1.40 bits per heavy atom. The Balaban J connectivity index is 2.35. The SMILES string of the molecule is CNCc1ccc(CN(C)CCOC)s1. The molecule has 0 aliphatic carbocycles. The number of likely N-dealkylation sites (N-methyl/N-ethyl adjacent to an activating group) is 1. The van der Waals surface area contributed by atoms with Crippen molar-refractivity contribution in [3.63, 3.8) is 0 Å². The van der Waals surface area contributed by atoms with Crippen LogP contribution in [-0.4, -0.2) is 39.3 Å². The molecule has 1 aromatic rings. The van der Waals surface area contributed by atoms with Crippen molar-refractivity contribution >= 4 is 11.3 Å². The fourth-order valence-electron chi connectivity index (χ4n) is 1.37. The zero-order chi connectivity index (χ0) is 11.1. The van der Waals surface area contributed by atoms with Crippen LogP contribution in [0, 0.1) is 0 Å². The van der Waals surface area contributed by atoms with Gasteiger partial charge in [0.1, 0.15) is 0 Å². The maximum Gasteiger partial charge on any atom is 0.0589 e. The molecule has 0 bridgehead atoms. The van der Waals surface area contributed by atoms with Gasteiger partial charge in [0.15, 0.2) is 0 Å². The van der Waals surface area contributed by atoms with Crippen LogP contribution < -0.4 is 5.32 Å². The van der Waals surface area contributed by atoms with Gasteiger partial charge in [-0.2, -0.15) is 0 Å². The molecular weight excluding hydrogens is 208 g/mol. The van der Waals surface area contributed by atoms with E-state index >= 15 is 0 Å². The van der Waals surface area contributed by atoms with Crippen molar-refractivity contribution in [2.75, 3.05) is 34.4 Å². The van der Waals surface area contributed by atoms with Gasteiger partial charge >= 0.3 is 0 Å². The molecule has 0 unspecified atom stereocenters. The minimum atomic E-state index is 0.797. The van der Waals surface area contributed by atoms with E-state index < -0.39 is 0 Å². The van der Waals surface area contributed by atoms with Crippen LogP contribution in [0.3, 0.4) is 0 Å². The van der Waals surface area contributed by atoms with Crippen LogP contribution in [-0.2, 0) is 17.8 Å². The van der Waals surface area contributed by atoms with E-state index in [2.05, 4.69) is 29.4 Å². The molecule has 0 saturated heterocycles. The summed E-state index contributed by atoms with van der Waals surface area (Å²) in [5.41, 5.74) is 0. The van der Waals surface area contributed by atoms with Crippen LogP contribution in [0.1, 0.15) is 9.75 Å². The fraction of sp³-hybridized carbons (Fsp3) is 0.636. The van der Waals surface area contributed by atoms with Crippen molar-refractivity contribution in [2.24, 2.45) is 0 Å². The molecule has 1 rings (SSSR count). The lowest BCUT2D eigenvalue weighted by atomic mass is 10.4. The van der Waals surface area contributed by atoms with Crippen LogP contribution in [0.2, 0.25) is 0 Å². The van der Waals surface area contributed by atoms with Crippen LogP contribution in [0.5, 0.6) is 0 Å². The molecule has 0 aliphatic heterocycles. The summed E-state index contributed by atoms with van der Waals surface area (Å²) in [6.45, 7) is 3.76. The third kappa shape index (κ3) is 4.75. The van der Waals surface area contributed by atoms with Crippen molar-refractivity contribution in [2.45, 2.75) is 13.1 Å². The second-order valence-corrected chi connectivity index (χ2v) is 4.88. The minimum Gasteiger partial charge on any atom is -0.383 e. The Labute approximate surface area is 96.0 Å². The lowest BCUT2D eigenvalue weighted by molar-refractivity contribution is 0.159. The van der Waals surface area contributed by atoms with Gasteiger partial charge in [0, 0.05) is 36.5 Å². The molecule has 0 atom stereocenters. The van der Waals surface area contributed by atoms with E-state index in [1.54, 1.807) is 7.11 Å². The number of ether oxygens (including phenoxy) is 1. The number of rotatable bonds is 7. The first kappa shape index (κ1) is 12.6. The molecule has 3 nitrogen and oxygen atoms in total. The Kier molecular flexibility index (Phi) is 5.86. The summed E-state index contributed by atoms with van der Waals surface area (Å²) < 4.78 is 5.05. The van der Waals surface area contributed by atoms with E-state index in [1.807, 2.05) is 18.4 Å². The van der Waals surface area contributed by atoms with Gasteiger partial charge in [0.05, 0.1) is 6.61 Å². The van der Waals surface area contributed by atoms with E-state index in [9.17, 15) is 0 Å². The molecule has 15 heavy (non-hydrogen) atoms. The molecule has 0 amide bonds. The topological polar surface area (TPSA) is 24.5 Å². The molecule has 1 heterocycles. The molecule has 0 radical (unpaired) electrons. The second-order valence-electron chi connectivity index (χ2n) is 3.63. The van der Waals surface area contributed by atoms with Crippen molar-refractivity contribution in [1.29, 1.82) is 0 Å². The highest BCUT2D eigenvalue weighted by atomic mass is 32.1. The molecule has 86 valence electrons. The number of hydrogen-bond donors (Lipinski definition) is 1. The number of nitrogens with one attached hydrogen (secondary N) is 1. The summed E-state index contributed by atoms with van der Waals surface area (Å²) in [5.74, 6) is 0. The van der Waals surface area contributed by atoms with E-state index in [4.69, 9.17) is 4.74 Å². The Hall–Kier alpha value is -0.420. The molecule has 1 aromatic heterocycles. The maximum absolute atomic E-state index is 5.05. The number of methoxy groups -OCH3 is 1. The zero-order valence-electron chi connectivity index (χ0n) is 9.75. The summed E-state index contributed by atoms with van der Waals surface area (Å²) in [6.07, 6.45) is 0. The quantitative estimate of drug-likeness (QED) is 0.766. The van der Waals surface area contributed by atoms with Gasteiger partial charge in [-0.25, -0.2) is 0 Å². The van der Waals surface area contributed by atoms with E-state index in [1.165, 1.54) is 9.75 Å². The first-order valence-electron chi connectivity index (χ1n) is 5.16. The van der Waals surface area contributed by atoms with E-state index in [0.717, 1.165) is 26.2 Å². The predicted octanol–water partition coefficient (Wildman–Crippen LogP) is 1.55. The maximum atomic E-state index is 5.05. The summed E-state index contributed by atoms with van der Waals surface area (Å²) in [5, 5.41) is 3.16. The lowest BCUT2D eigenvalue weighted by Crippen LogP contribution is -2.21. The van der Waals surface area contributed by atoms with E-state index in [0.29, 0.717) is 0 Å². The monoisotopic (exact) mass is 228 g/mol. The lowest BCUT2D eigenvalue weighted by Gasteiger charge is -2.14. The molecule has 4 heteroatoms. The van der Waals surface area contributed by atoms with Gasteiger partial charge in [-0.1, -0.05) is 0 Å². The molecular formula is C11H20N2OS. The molecule has 0 aromatic carbocycles. The van der Waals surface area contributed by atoms with Crippen molar-refractivity contribution < 1.29 is 4.74 Å². The zero-order valence-corrected chi connectivity index (χ0v) is 10.6. The first-order valence-corrected chi connectivity index (χ1v) is 5.97. The van der Waals surface area contributed by atoms with Gasteiger partial charge < -0.3 is 10.1 Å². The summed E-state index contributed by atoms with van der Waals surface area (Å²) >= 11 is 1.87. The van der Waals surface area contributed by atoms with Crippen LogP contribution in [0.4, 0.5) is 0 Å². The number of nitrogens with zero attached hydrogens (tertiary/aromatic N) is 1. The summed E-state index contributed by atoms with van der Waals surface area (Å²) in [6, 6.07) is 4.40. The smallest absolute Gasteiger partial charge is 0.0589 e. The van der Waals surface area contributed by atoms with Gasteiger partial charge in [0.25, 0.3) is 0 Å². The number of hydrogen-bond acceptors (Lipinski definition) is 4. The summed E-state index contributed by atoms with van der Waals surface area (Å²) in [7, 11) is 5.84. The van der Waals surface area contributed by atoms with Gasteiger partial charge in [-0.15, -0.1) is 11.3 Å². The van der Waals surface area contributed by atoms with Crippen LogP contribution >= 0.6 is 11.3 Å². The van der Waals surface area contributed by atoms with Crippen molar-refractivity contribution in [1.82, 2.24) is 10.2 Å². The first-order chi connectivity index (χ1) is 7.26. The largest absolute Gasteiger partial charge is 0.383 e. The average molecular weight is 228 g/mol. The third-order valence-electron chi connectivity index (χ3n) is 2.17. The minimum absolute atomic E-state index is 0.797. The molecule has 0 aliphatic rings. The Morgan fingerprint density at radius 3 is 2.80 bits per heavy atom. The highest BCUT2D eigenvalue weighted by Gasteiger charge is 2.03. The average Bonchev–Trinajstić information content (AvgIpc) is 2.63. The standard InChI is InChI=1S/C11H20N2OS/c1-12-8-10-4-5-11(15-10)9-13(2)6-7-14-3/h4-5,12H,6-9H2,1-3H3. The van der Waals surface area contributed by atoms with Gasteiger partial charge in [0.2, 0.25) is 0 Å². The second kappa shape index (κ2) is 6.95. The van der Waals surface area contributed by atoms with Gasteiger partial charge in [-0.3, -0.25) is 4.90 Å². The van der Waals surface area contributed by atoms with Gasteiger partial charge in [-0.05, 0) is 26.2 Å². The van der Waals surface area contributed by atoms with Crippen molar-refractivity contribution in [3.05, 3.63) is 21.9 Å². The highest BCUT2D eigenvalue weighted by molar-refractivity contribution is 7.11. The van der Waals surface area contributed by atoms with E-state index in [-0.39, 0.29) is 0 Å². The highest BCUT2D eigenvalue weighted by Crippen LogP contribution is 2.17. The third-order valence-corrected chi connectivity index (χ3v) is 3.24. The summed E-state index contributed by atoms with van der Waals surface area (Å²) in [4.78, 5) is 5.09. The van der Waals surface area contributed by atoms with Crippen molar-refractivity contribution in [3.8, 4) is 0 Å². The van der Waals surface area contributed by atoms with Crippen LogP contribution in [0.15, 0.2) is 12.1 Å². The normalized spacial score (nSPS) is 11.2. The Bertz CT molecular complexity index is 275. The van der Waals surface area contributed by atoms with Crippen LogP contribution in [0.25, 0.3) is 0 Å².